The van der Waals surface area contributed by atoms with E-state index < -0.39 is 11.9 Å². The number of nitrogens with one attached hydrogen (secondary N) is 2. The molecule has 0 spiro atoms. The van der Waals surface area contributed by atoms with Crippen molar-refractivity contribution in [2.24, 2.45) is 12.0 Å². The number of nitrogens with zero attached hydrogens (tertiary/aromatic N) is 5. The van der Waals surface area contributed by atoms with Crippen LogP contribution in [0.3, 0.4) is 0 Å². The monoisotopic (exact) mass is 371 g/mol. The molecule has 10 heteroatoms. The Labute approximate surface area is 150 Å². The van der Waals surface area contributed by atoms with Crippen molar-refractivity contribution in [3.63, 3.8) is 0 Å². The van der Waals surface area contributed by atoms with Crippen molar-refractivity contribution in [2.45, 2.75) is 39.5 Å². The number of aliphatic imine (C=N–C) groups is 1. The SMILES string of the molecule is CN=C(NCCCn1nc(C)cc1C)NCc1cn(C)nc1C(F)(F)F. The van der Waals surface area contributed by atoms with E-state index in [4.69, 9.17) is 0 Å². The van der Waals surface area contributed by atoms with Crippen molar-refractivity contribution >= 4 is 5.96 Å². The van der Waals surface area contributed by atoms with E-state index in [1.165, 1.54) is 13.2 Å². The molecule has 2 rings (SSSR count). The van der Waals surface area contributed by atoms with Crippen LogP contribution in [0.1, 0.15) is 29.1 Å². The predicted molar refractivity (Wildman–Crippen MR) is 92.7 cm³/mol. The van der Waals surface area contributed by atoms with Crippen LogP contribution in [0.2, 0.25) is 0 Å². The molecule has 0 aromatic carbocycles. The number of hydrogen-bond acceptors (Lipinski definition) is 3. The van der Waals surface area contributed by atoms with Gasteiger partial charge in [-0.05, 0) is 26.3 Å². The fourth-order valence-electron chi connectivity index (χ4n) is 2.64. The van der Waals surface area contributed by atoms with Crippen LogP contribution in [0.5, 0.6) is 0 Å². The second-order valence-corrected chi connectivity index (χ2v) is 6.03. The van der Waals surface area contributed by atoms with Gasteiger partial charge in [0.25, 0.3) is 0 Å². The summed E-state index contributed by atoms with van der Waals surface area (Å²) < 4.78 is 41.9. The molecule has 2 aromatic heterocycles. The summed E-state index contributed by atoms with van der Waals surface area (Å²) in [6.07, 6.45) is -2.32. The third-order valence-corrected chi connectivity index (χ3v) is 3.79. The molecule has 0 saturated heterocycles. The van der Waals surface area contributed by atoms with Gasteiger partial charge in [0.15, 0.2) is 11.7 Å². The summed E-state index contributed by atoms with van der Waals surface area (Å²) >= 11 is 0. The van der Waals surface area contributed by atoms with Gasteiger partial charge in [0.1, 0.15) is 0 Å². The molecule has 2 N–H and O–H groups in total. The molecule has 0 radical (unpaired) electrons. The number of rotatable bonds is 6. The molecule has 0 aliphatic heterocycles. The summed E-state index contributed by atoms with van der Waals surface area (Å²) in [7, 11) is 3.04. The van der Waals surface area contributed by atoms with E-state index in [1.807, 2.05) is 24.6 Å². The lowest BCUT2D eigenvalue weighted by molar-refractivity contribution is -0.142. The molecule has 0 unspecified atom stereocenters. The molecule has 0 aliphatic rings. The highest BCUT2D eigenvalue weighted by molar-refractivity contribution is 5.79. The number of guanidine groups is 1. The van der Waals surface area contributed by atoms with Crippen LogP contribution in [0.25, 0.3) is 0 Å². The van der Waals surface area contributed by atoms with E-state index in [9.17, 15) is 13.2 Å². The summed E-state index contributed by atoms with van der Waals surface area (Å²) in [5, 5.41) is 13.9. The first-order chi connectivity index (χ1) is 12.2. The third kappa shape index (κ3) is 5.24. The van der Waals surface area contributed by atoms with Crippen molar-refractivity contribution < 1.29 is 13.2 Å². The van der Waals surface area contributed by atoms with Crippen LogP contribution in [0.15, 0.2) is 17.3 Å². The normalized spacial score (nSPS) is 12.5. The van der Waals surface area contributed by atoms with Gasteiger partial charge in [0.2, 0.25) is 0 Å². The molecule has 0 fully saturated rings. The minimum absolute atomic E-state index is 0.0141. The molecular formula is C16H24F3N7. The molecule has 0 atom stereocenters. The van der Waals surface area contributed by atoms with E-state index in [0.29, 0.717) is 12.5 Å². The average molecular weight is 371 g/mol. The Morgan fingerprint density at radius 2 is 1.96 bits per heavy atom. The summed E-state index contributed by atoms with van der Waals surface area (Å²) in [5.74, 6) is 0.440. The van der Waals surface area contributed by atoms with Crippen LogP contribution >= 0.6 is 0 Å². The van der Waals surface area contributed by atoms with E-state index in [-0.39, 0.29) is 12.1 Å². The maximum atomic E-state index is 13.0. The van der Waals surface area contributed by atoms with Gasteiger partial charge in [-0.15, -0.1) is 0 Å². The number of aryl methyl sites for hydroxylation is 4. The molecule has 7 nitrogen and oxygen atoms in total. The molecule has 144 valence electrons. The number of aromatic nitrogens is 4. The van der Waals surface area contributed by atoms with E-state index in [2.05, 4.69) is 25.8 Å². The van der Waals surface area contributed by atoms with Crippen molar-refractivity contribution in [3.05, 3.63) is 34.9 Å². The van der Waals surface area contributed by atoms with E-state index in [1.54, 1.807) is 7.05 Å². The lowest BCUT2D eigenvalue weighted by Crippen LogP contribution is -2.37. The molecule has 2 heterocycles. The van der Waals surface area contributed by atoms with Gasteiger partial charge in [-0.1, -0.05) is 0 Å². The van der Waals surface area contributed by atoms with E-state index in [0.717, 1.165) is 29.0 Å². The highest BCUT2D eigenvalue weighted by Gasteiger charge is 2.36. The fourth-order valence-corrected chi connectivity index (χ4v) is 2.64. The Morgan fingerprint density at radius 3 is 2.54 bits per heavy atom. The Bertz CT molecular complexity index is 758. The molecule has 26 heavy (non-hydrogen) atoms. The van der Waals surface area contributed by atoms with Crippen molar-refractivity contribution in [1.29, 1.82) is 0 Å². The number of hydrogen-bond donors (Lipinski definition) is 2. The van der Waals surface area contributed by atoms with Gasteiger partial charge < -0.3 is 10.6 Å². The van der Waals surface area contributed by atoms with E-state index >= 15 is 0 Å². The predicted octanol–water partition coefficient (Wildman–Crippen LogP) is 2.01. The maximum Gasteiger partial charge on any atom is 0.435 e. The van der Waals surface area contributed by atoms with Crippen molar-refractivity contribution in [1.82, 2.24) is 30.2 Å². The summed E-state index contributed by atoms with van der Waals surface area (Å²) in [6, 6.07) is 2.01. The van der Waals surface area contributed by atoms with Gasteiger partial charge in [-0.25, -0.2) is 0 Å². The summed E-state index contributed by atoms with van der Waals surface area (Å²) in [5.41, 5.74) is 1.27. The highest BCUT2D eigenvalue weighted by Crippen LogP contribution is 2.30. The van der Waals surface area contributed by atoms with Crippen molar-refractivity contribution in [3.8, 4) is 0 Å². The summed E-state index contributed by atoms with van der Waals surface area (Å²) in [4.78, 5) is 4.03. The molecular weight excluding hydrogens is 347 g/mol. The smallest absolute Gasteiger partial charge is 0.356 e. The van der Waals surface area contributed by atoms with Gasteiger partial charge in [-0.3, -0.25) is 14.4 Å². The molecule has 0 amide bonds. The second kappa shape index (κ2) is 8.24. The first-order valence-corrected chi connectivity index (χ1v) is 8.26. The lowest BCUT2D eigenvalue weighted by atomic mass is 10.2. The highest BCUT2D eigenvalue weighted by atomic mass is 19.4. The quantitative estimate of drug-likeness (QED) is 0.463. The zero-order valence-corrected chi connectivity index (χ0v) is 15.4. The maximum absolute atomic E-state index is 13.0. The minimum Gasteiger partial charge on any atom is -0.356 e. The van der Waals surface area contributed by atoms with Crippen molar-refractivity contribution in [2.75, 3.05) is 13.6 Å². The topological polar surface area (TPSA) is 72.1 Å². The lowest BCUT2D eigenvalue weighted by Gasteiger charge is -2.12. The van der Waals surface area contributed by atoms with Crippen LogP contribution in [0.4, 0.5) is 13.2 Å². The molecule has 0 aliphatic carbocycles. The Balaban J connectivity index is 1.82. The standard InChI is InChI=1S/C16H24F3N7/c1-11-8-12(2)26(23-11)7-5-6-21-15(20-3)22-9-13-10-25(4)24-14(13)16(17,18)19/h8,10H,5-7,9H2,1-4H3,(H2,20,21,22). The zero-order valence-electron chi connectivity index (χ0n) is 15.4. The van der Waals surface area contributed by atoms with Crippen LogP contribution in [0, 0.1) is 13.8 Å². The minimum atomic E-state index is -4.48. The second-order valence-electron chi connectivity index (χ2n) is 6.03. The van der Waals surface area contributed by atoms with Gasteiger partial charge >= 0.3 is 6.18 Å². The third-order valence-electron chi connectivity index (χ3n) is 3.79. The fraction of sp³-hybridized carbons (Fsp3) is 0.562. The van der Waals surface area contributed by atoms with Gasteiger partial charge in [-0.2, -0.15) is 23.4 Å². The van der Waals surface area contributed by atoms with Gasteiger partial charge in [0.05, 0.1) is 5.69 Å². The van der Waals surface area contributed by atoms with Gasteiger partial charge in [0, 0.05) is 51.2 Å². The average Bonchev–Trinajstić information content (AvgIpc) is 3.08. The Hall–Kier alpha value is -2.52. The largest absolute Gasteiger partial charge is 0.435 e. The van der Waals surface area contributed by atoms with Crippen LogP contribution < -0.4 is 10.6 Å². The Morgan fingerprint density at radius 1 is 1.23 bits per heavy atom. The summed E-state index contributed by atoms with van der Waals surface area (Å²) in [6.45, 7) is 5.31. The molecule has 0 bridgehead atoms. The first kappa shape index (κ1) is 19.8. The number of halogens is 3. The van der Waals surface area contributed by atoms with Crippen LogP contribution in [-0.4, -0.2) is 39.1 Å². The molecule has 0 saturated carbocycles. The van der Waals surface area contributed by atoms with Crippen LogP contribution in [-0.2, 0) is 26.3 Å². The Kier molecular flexibility index (Phi) is 6.27. The molecule has 2 aromatic rings. The first-order valence-electron chi connectivity index (χ1n) is 8.26. The number of alkyl halides is 3. The zero-order chi connectivity index (χ0) is 19.3.